The molecule has 0 atom stereocenters. The monoisotopic (exact) mass is 273 g/mol. The van der Waals surface area contributed by atoms with Gasteiger partial charge in [-0.1, -0.05) is 24.0 Å². The molecule has 0 aromatic heterocycles. The van der Waals surface area contributed by atoms with Crippen LogP contribution in [0.15, 0.2) is 0 Å². The Hall–Kier alpha value is -0.170. The maximum atomic E-state index is 11.5. The molecule has 0 aromatic carbocycles. The Balaban J connectivity index is 1.66. The van der Waals surface area contributed by atoms with Crippen LogP contribution in [0.2, 0.25) is 0 Å². The third kappa shape index (κ3) is 3.64. The van der Waals surface area contributed by atoms with Crippen molar-refractivity contribution < 1.29 is 4.79 Å². The molecule has 2 heterocycles. The van der Waals surface area contributed by atoms with E-state index < -0.39 is 0 Å². The summed E-state index contributed by atoms with van der Waals surface area (Å²) in [7, 11) is 2.16. The van der Waals surface area contributed by atoms with Gasteiger partial charge in [0.2, 0.25) is 5.91 Å². The summed E-state index contributed by atoms with van der Waals surface area (Å²) in [6.45, 7) is 6.45. The number of carbonyl (C=O) groups is 1. The van der Waals surface area contributed by atoms with Gasteiger partial charge in [0.05, 0.1) is 5.75 Å². The lowest BCUT2D eigenvalue weighted by Crippen LogP contribution is -2.45. The third-order valence-corrected chi connectivity index (χ3v) is 4.73. The van der Waals surface area contributed by atoms with Crippen LogP contribution in [0.5, 0.6) is 0 Å². The topological polar surface area (TPSA) is 26.8 Å². The van der Waals surface area contributed by atoms with Gasteiger partial charge in [-0.3, -0.25) is 9.69 Å². The number of rotatable bonds is 4. The van der Waals surface area contributed by atoms with Crippen molar-refractivity contribution in [2.75, 3.05) is 52.1 Å². The Morgan fingerprint density at radius 1 is 1.24 bits per heavy atom. The zero-order valence-corrected chi connectivity index (χ0v) is 11.9. The molecule has 0 bridgehead atoms. The molecule has 0 radical (unpaired) electrons. The minimum atomic E-state index is 0.179. The van der Waals surface area contributed by atoms with E-state index in [1.807, 2.05) is 0 Å². The number of carbonyl (C=O) groups excluding carboxylic acids is 1. The summed E-state index contributed by atoms with van der Waals surface area (Å²) in [6.07, 6.45) is 1.02. The van der Waals surface area contributed by atoms with Crippen molar-refractivity contribution in [1.82, 2.24) is 14.7 Å². The zero-order chi connectivity index (χ0) is 12.3. The Morgan fingerprint density at radius 3 is 2.53 bits per heavy atom. The van der Waals surface area contributed by atoms with Crippen molar-refractivity contribution in [3.05, 3.63) is 0 Å². The van der Waals surface area contributed by atoms with E-state index in [-0.39, 0.29) is 5.91 Å². The predicted molar refractivity (Wildman–Crippen MR) is 75.3 cm³/mol. The van der Waals surface area contributed by atoms with E-state index >= 15 is 0 Å². The predicted octanol–water partition coefficient (Wildman–Crippen LogP) is 0.484. The van der Waals surface area contributed by atoms with Gasteiger partial charge in [0.1, 0.15) is 4.32 Å². The van der Waals surface area contributed by atoms with Crippen LogP contribution in [0.25, 0.3) is 0 Å². The first-order chi connectivity index (χ1) is 8.16. The van der Waals surface area contributed by atoms with Crippen LogP contribution in [-0.2, 0) is 4.79 Å². The van der Waals surface area contributed by atoms with Gasteiger partial charge in [-0.25, -0.2) is 0 Å². The van der Waals surface area contributed by atoms with Crippen LogP contribution in [0, 0.1) is 0 Å². The molecule has 2 aliphatic heterocycles. The van der Waals surface area contributed by atoms with Crippen molar-refractivity contribution in [2.24, 2.45) is 0 Å². The standard InChI is InChI=1S/C11H19N3OS2/c1-12-5-7-13(8-6-12)3-2-4-14-10(15)9-17-11(14)16/h2-9H2,1H3. The molecule has 0 unspecified atom stereocenters. The summed E-state index contributed by atoms with van der Waals surface area (Å²) in [5.41, 5.74) is 0. The molecule has 2 fully saturated rings. The second-order valence-electron chi connectivity index (χ2n) is 4.60. The molecular weight excluding hydrogens is 254 g/mol. The summed E-state index contributed by atoms with van der Waals surface area (Å²) >= 11 is 6.64. The second kappa shape index (κ2) is 6.13. The number of hydrogen-bond acceptors (Lipinski definition) is 5. The molecule has 4 nitrogen and oxygen atoms in total. The van der Waals surface area contributed by atoms with Crippen LogP contribution in [0.1, 0.15) is 6.42 Å². The van der Waals surface area contributed by atoms with Crippen molar-refractivity contribution >= 4 is 34.2 Å². The normalized spacial score (nSPS) is 23.7. The molecule has 17 heavy (non-hydrogen) atoms. The summed E-state index contributed by atoms with van der Waals surface area (Å²) in [6, 6.07) is 0. The van der Waals surface area contributed by atoms with E-state index in [4.69, 9.17) is 12.2 Å². The highest BCUT2D eigenvalue weighted by Crippen LogP contribution is 2.19. The average molecular weight is 273 g/mol. The fourth-order valence-electron chi connectivity index (χ4n) is 2.12. The van der Waals surface area contributed by atoms with Crippen molar-refractivity contribution in [3.8, 4) is 0 Å². The molecular formula is C11H19N3OS2. The zero-order valence-electron chi connectivity index (χ0n) is 10.2. The van der Waals surface area contributed by atoms with Gasteiger partial charge in [0, 0.05) is 32.7 Å². The molecule has 0 N–H and O–H groups in total. The number of thioether (sulfide) groups is 1. The maximum absolute atomic E-state index is 11.5. The van der Waals surface area contributed by atoms with Crippen molar-refractivity contribution in [3.63, 3.8) is 0 Å². The Kier molecular flexibility index (Phi) is 4.78. The Labute approximate surface area is 112 Å². The van der Waals surface area contributed by atoms with Crippen LogP contribution < -0.4 is 0 Å². The van der Waals surface area contributed by atoms with E-state index in [0.717, 1.165) is 50.0 Å². The molecule has 1 amide bonds. The summed E-state index contributed by atoms with van der Waals surface area (Å²) in [5.74, 6) is 0.714. The highest BCUT2D eigenvalue weighted by Gasteiger charge is 2.26. The molecule has 2 aliphatic rings. The number of hydrogen-bond donors (Lipinski definition) is 0. The molecule has 6 heteroatoms. The van der Waals surface area contributed by atoms with Crippen LogP contribution in [0.4, 0.5) is 0 Å². The largest absolute Gasteiger partial charge is 0.304 e. The molecule has 96 valence electrons. The van der Waals surface area contributed by atoms with Gasteiger partial charge >= 0.3 is 0 Å². The van der Waals surface area contributed by atoms with Crippen LogP contribution in [-0.4, -0.2) is 77.0 Å². The highest BCUT2D eigenvalue weighted by molar-refractivity contribution is 8.23. The summed E-state index contributed by atoms with van der Waals surface area (Å²) in [4.78, 5) is 18.1. The number of amides is 1. The molecule has 0 aromatic rings. The first kappa shape index (κ1) is 13.3. The summed E-state index contributed by atoms with van der Waals surface area (Å²) in [5, 5.41) is 0. The fraction of sp³-hybridized carbons (Fsp3) is 0.818. The van der Waals surface area contributed by atoms with Crippen molar-refractivity contribution in [1.29, 1.82) is 0 Å². The lowest BCUT2D eigenvalue weighted by molar-refractivity contribution is -0.124. The molecule has 0 saturated carbocycles. The first-order valence-electron chi connectivity index (χ1n) is 6.05. The average Bonchev–Trinajstić information content (AvgIpc) is 2.63. The van der Waals surface area contributed by atoms with Crippen LogP contribution in [0.3, 0.4) is 0 Å². The van der Waals surface area contributed by atoms with E-state index in [0.29, 0.717) is 5.75 Å². The smallest absolute Gasteiger partial charge is 0.238 e. The maximum Gasteiger partial charge on any atom is 0.238 e. The third-order valence-electron chi connectivity index (χ3n) is 3.29. The minimum absolute atomic E-state index is 0.179. The van der Waals surface area contributed by atoms with Gasteiger partial charge in [-0.2, -0.15) is 0 Å². The molecule has 2 saturated heterocycles. The molecule has 2 rings (SSSR count). The molecule has 0 aliphatic carbocycles. The van der Waals surface area contributed by atoms with Gasteiger partial charge in [-0.05, 0) is 20.0 Å². The van der Waals surface area contributed by atoms with E-state index in [9.17, 15) is 4.79 Å². The van der Waals surface area contributed by atoms with E-state index in [1.165, 1.54) is 11.8 Å². The second-order valence-corrected chi connectivity index (χ2v) is 6.21. The lowest BCUT2D eigenvalue weighted by atomic mass is 10.3. The number of likely N-dealkylation sites (N-methyl/N-ethyl adjacent to an activating group) is 1. The van der Waals surface area contributed by atoms with Gasteiger partial charge < -0.3 is 9.80 Å². The van der Waals surface area contributed by atoms with Crippen LogP contribution >= 0.6 is 24.0 Å². The Bertz CT molecular complexity index is 287. The first-order valence-corrected chi connectivity index (χ1v) is 7.44. The van der Waals surface area contributed by atoms with Gasteiger partial charge in [-0.15, -0.1) is 0 Å². The minimum Gasteiger partial charge on any atom is -0.304 e. The number of thiocarbonyl (C=S) groups is 1. The Morgan fingerprint density at radius 2 is 1.94 bits per heavy atom. The van der Waals surface area contributed by atoms with E-state index in [2.05, 4.69) is 16.8 Å². The quantitative estimate of drug-likeness (QED) is 0.695. The highest BCUT2D eigenvalue weighted by atomic mass is 32.2. The SMILES string of the molecule is CN1CCN(CCCN2C(=O)CSC2=S)CC1. The van der Waals surface area contributed by atoms with Gasteiger partial charge in [0.25, 0.3) is 0 Å². The number of piperazine rings is 1. The lowest BCUT2D eigenvalue weighted by Gasteiger charge is -2.32. The molecule has 0 spiro atoms. The van der Waals surface area contributed by atoms with E-state index in [1.54, 1.807) is 4.90 Å². The summed E-state index contributed by atoms with van der Waals surface area (Å²) < 4.78 is 0.758. The van der Waals surface area contributed by atoms with Gasteiger partial charge in [0.15, 0.2) is 0 Å². The number of nitrogens with zero attached hydrogens (tertiary/aromatic N) is 3. The fourth-order valence-corrected chi connectivity index (χ4v) is 3.24. The van der Waals surface area contributed by atoms with Crippen molar-refractivity contribution in [2.45, 2.75) is 6.42 Å².